The van der Waals surface area contributed by atoms with Crippen LogP contribution in [-0.2, 0) is 0 Å². The number of hydrogen-bond acceptors (Lipinski definition) is 6. The van der Waals surface area contributed by atoms with E-state index < -0.39 is 5.91 Å². The van der Waals surface area contributed by atoms with E-state index in [0.29, 0.717) is 11.5 Å². The minimum Gasteiger partial charge on any atom is -0.396 e. The van der Waals surface area contributed by atoms with E-state index in [0.717, 1.165) is 37.7 Å². The lowest BCUT2D eigenvalue weighted by molar-refractivity contribution is 0.100. The molecule has 0 bridgehead atoms. The molecular weight excluding hydrogens is 286 g/mol. The van der Waals surface area contributed by atoms with Crippen molar-refractivity contribution in [2.75, 3.05) is 43.4 Å². The van der Waals surface area contributed by atoms with E-state index in [2.05, 4.69) is 29.7 Å². The van der Waals surface area contributed by atoms with Crippen molar-refractivity contribution in [3.8, 4) is 6.07 Å². The van der Waals surface area contributed by atoms with E-state index in [1.54, 1.807) is 0 Å². The van der Waals surface area contributed by atoms with Gasteiger partial charge < -0.3 is 16.4 Å². The van der Waals surface area contributed by atoms with Gasteiger partial charge >= 0.3 is 0 Å². The molecule has 0 atom stereocenters. The number of nitrogen functional groups attached to an aromatic ring is 1. The quantitative estimate of drug-likeness (QED) is 0.867. The Morgan fingerprint density at radius 2 is 2.00 bits per heavy atom. The number of carbonyl (C=O) groups is 1. The van der Waals surface area contributed by atoms with Crippen molar-refractivity contribution in [1.82, 2.24) is 4.90 Å². The summed E-state index contributed by atoms with van der Waals surface area (Å²) in [6.45, 7) is 9.06. The summed E-state index contributed by atoms with van der Waals surface area (Å²) in [5.74, 6) is 0.0729. The van der Waals surface area contributed by atoms with E-state index >= 15 is 0 Å². The van der Waals surface area contributed by atoms with Crippen LogP contribution in [0.2, 0.25) is 0 Å². The van der Waals surface area contributed by atoms with Gasteiger partial charge in [-0.15, -0.1) is 11.3 Å². The molecule has 1 aliphatic rings. The monoisotopic (exact) mass is 307 g/mol. The maximum Gasteiger partial charge on any atom is 0.261 e. The Balaban J connectivity index is 2.15. The molecule has 21 heavy (non-hydrogen) atoms. The summed E-state index contributed by atoms with van der Waals surface area (Å²) >= 11 is 1.23. The zero-order chi connectivity index (χ0) is 15.6. The molecule has 0 spiro atoms. The predicted octanol–water partition coefficient (Wildman–Crippen LogP) is 1.08. The summed E-state index contributed by atoms with van der Waals surface area (Å²) in [5.41, 5.74) is 11.8. The smallest absolute Gasteiger partial charge is 0.261 e. The number of rotatable bonds is 4. The number of thiophene rings is 1. The average molecular weight is 307 g/mol. The van der Waals surface area contributed by atoms with Crippen molar-refractivity contribution >= 4 is 27.9 Å². The van der Waals surface area contributed by atoms with Crippen LogP contribution in [0, 0.1) is 17.2 Å². The van der Waals surface area contributed by atoms with E-state index in [4.69, 9.17) is 11.5 Å². The Bertz CT molecular complexity index is 567. The highest BCUT2D eigenvalue weighted by atomic mass is 32.1. The third kappa shape index (κ3) is 3.28. The second kappa shape index (κ2) is 6.33. The fourth-order valence-electron chi connectivity index (χ4n) is 2.60. The largest absolute Gasteiger partial charge is 0.396 e. The van der Waals surface area contributed by atoms with Crippen molar-refractivity contribution in [2.24, 2.45) is 11.7 Å². The molecule has 1 aliphatic heterocycles. The molecule has 1 fully saturated rings. The third-order valence-electron chi connectivity index (χ3n) is 3.55. The molecule has 1 saturated heterocycles. The van der Waals surface area contributed by atoms with Gasteiger partial charge in [0.25, 0.3) is 5.91 Å². The van der Waals surface area contributed by atoms with Crippen molar-refractivity contribution in [3.63, 3.8) is 0 Å². The molecule has 2 heterocycles. The molecule has 6 nitrogen and oxygen atoms in total. The van der Waals surface area contributed by atoms with Gasteiger partial charge in [-0.25, -0.2) is 0 Å². The first-order valence-corrected chi connectivity index (χ1v) is 7.85. The summed E-state index contributed by atoms with van der Waals surface area (Å²) in [6.07, 6.45) is 0. The van der Waals surface area contributed by atoms with Gasteiger partial charge in [0.05, 0.1) is 5.69 Å². The SMILES string of the molecule is CC(C)CN1CCN(c2sc(C(N)=O)c(N)c2C#N)CC1. The number of anilines is 2. The standard InChI is InChI=1S/C14H21N5OS/c1-9(2)8-18-3-5-19(6-4-18)14-10(7-15)11(16)12(21-14)13(17)20/h9H,3-6,8,16H2,1-2H3,(H2,17,20). The predicted molar refractivity (Wildman–Crippen MR) is 85.5 cm³/mol. The van der Waals surface area contributed by atoms with Gasteiger partial charge in [-0.1, -0.05) is 13.8 Å². The van der Waals surface area contributed by atoms with Crippen LogP contribution in [0.15, 0.2) is 0 Å². The second-order valence-corrected chi connectivity index (χ2v) is 6.68. The number of piperazine rings is 1. The number of hydrogen-bond donors (Lipinski definition) is 2. The first kappa shape index (κ1) is 15.6. The van der Waals surface area contributed by atoms with Gasteiger partial charge in [-0.2, -0.15) is 5.26 Å². The summed E-state index contributed by atoms with van der Waals surface area (Å²) in [7, 11) is 0. The van der Waals surface area contributed by atoms with E-state index in [1.807, 2.05) is 0 Å². The Hall–Kier alpha value is -1.78. The third-order valence-corrected chi connectivity index (χ3v) is 4.83. The second-order valence-electron chi connectivity index (χ2n) is 5.68. The lowest BCUT2D eigenvalue weighted by Gasteiger charge is -2.36. The van der Waals surface area contributed by atoms with E-state index in [9.17, 15) is 10.1 Å². The lowest BCUT2D eigenvalue weighted by Crippen LogP contribution is -2.47. The molecule has 1 aromatic heterocycles. The first-order valence-electron chi connectivity index (χ1n) is 7.03. The summed E-state index contributed by atoms with van der Waals surface area (Å²) < 4.78 is 0. The molecule has 0 saturated carbocycles. The van der Waals surface area contributed by atoms with Crippen molar-refractivity contribution < 1.29 is 4.79 Å². The molecule has 0 aromatic carbocycles. The van der Waals surface area contributed by atoms with Crippen LogP contribution < -0.4 is 16.4 Å². The number of nitrogens with zero attached hydrogens (tertiary/aromatic N) is 3. The van der Waals surface area contributed by atoms with Crippen LogP contribution in [0.5, 0.6) is 0 Å². The van der Waals surface area contributed by atoms with E-state index in [1.165, 1.54) is 11.3 Å². The van der Waals surface area contributed by atoms with Crippen LogP contribution >= 0.6 is 11.3 Å². The molecule has 2 rings (SSSR count). The fraction of sp³-hybridized carbons (Fsp3) is 0.571. The molecule has 4 N–H and O–H groups in total. The Morgan fingerprint density at radius 1 is 1.38 bits per heavy atom. The Morgan fingerprint density at radius 3 is 2.48 bits per heavy atom. The van der Waals surface area contributed by atoms with Crippen LogP contribution in [0.1, 0.15) is 29.1 Å². The Labute approximate surface area is 128 Å². The first-order chi connectivity index (χ1) is 9.93. The van der Waals surface area contributed by atoms with Gasteiger partial charge in [-0.05, 0) is 5.92 Å². The van der Waals surface area contributed by atoms with Crippen molar-refractivity contribution in [3.05, 3.63) is 10.4 Å². The molecule has 0 radical (unpaired) electrons. The normalized spacial score (nSPS) is 16.2. The number of nitriles is 1. The molecule has 114 valence electrons. The summed E-state index contributed by atoms with van der Waals surface area (Å²) in [6, 6.07) is 2.10. The number of amides is 1. The number of carbonyl (C=O) groups excluding carboxylic acids is 1. The average Bonchev–Trinajstić information content (AvgIpc) is 2.76. The van der Waals surface area contributed by atoms with Crippen LogP contribution in [0.4, 0.5) is 10.7 Å². The van der Waals surface area contributed by atoms with Crippen LogP contribution in [-0.4, -0.2) is 43.5 Å². The molecular formula is C14H21N5OS. The lowest BCUT2D eigenvalue weighted by atomic mass is 10.2. The summed E-state index contributed by atoms with van der Waals surface area (Å²) in [5, 5.41) is 10.1. The maximum atomic E-state index is 11.4. The zero-order valence-electron chi connectivity index (χ0n) is 12.4. The van der Waals surface area contributed by atoms with Crippen molar-refractivity contribution in [1.29, 1.82) is 5.26 Å². The fourth-order valence-corrected chi connectivity index (χ4v) is 3.67. The maximum absolute atomic E-state index is 11.4. The van der Waals surface area contributed by atoms with Crippen LogP contribution in [0.3, 0.4) is 0 Å². The minimum absolute atomic E-state index is 0.217. The topological polar surface area (TPSA) is 99.4 Å². The minimum atomic E-state index is -0.571. The zero-order valence-corrected chi connectivity index (χ0v) is 13.2. The highest BCUT2D eigenvalue weighted by Crippen LogP contribution is 2.37. The Kier molecular flexibility index (Phi) is 4.70. The molecule has 0 unspecified atom stereocenters. The molecule has 1 amide bonds. The van der Waals surface area contributed by atoms with Gasteiger partial charge in [0.15, 0.2) is 0 Å². The van der Waals surface area contributed by atoms with Gasteiger partial charge in [0.2, 0.25) is 0 Å². The summed E-state index contributed by atoms with van der Waals surface area (Å²) in [4.78, 5) is 16.2. The van der Waals surface area contributed by atoms with Gasteiger partial charge in [0.1, 0.15) is 21.5 Å². The number of primary amides is 1. The number of nitrogens with two attached hydrogens (primary N) is 2. The van der Waals surface area contributed by atoms with Gasteiger partial charge in [0, 0.05) is 32.7 Å². The van der Waals surface area contributed by atoms with Crippen LogP contribution in [0.25, 0.3) is 0 Å². The highest BCUT2D eigenvalue weighted by Gasteiger charge is 2.26. The van der Waals surface area contributed by atoms with Crippen molar-refractivity contribution in [2.45, 2.75) is 13.8 Å². The molecule has 0 aliphatic carbocycles. The molecule has 1 aromatic rings. The highest BCUT2D eigenvalue weighted by molar-refractivity contribution is 7.19. The van der Waals surface area contributed by atoms with Gasteiger partial charge in [-0.3, -0.25) is 9.69 Å². The molecule has 7 heteroatoms. The van der Waals surface area contributed by atoms with E-state index in [-0.39, 0.29) is 10.6 Å².